The lowest BCUT2D eigenvalue weighted by atomic mass is 10.2. The second kappa shape index (κ2) is 8.71. The van der Waals surface area contributed by atoms with Crippen LogP contribution in [0.5, 0.6) is 0 Å². The lowest BCUT2D eigenvalue weighted by molar-refractivity contribution is 0.570. The molecule has 0 bridgehead atoms. The van der Waals surface area contributed by atoms with Gasteiger partial charge >= 0.3 is 0 Å². The average molecular weight is 473 g/mol. The Balaban J connectivity index is 1.95. The quantitative estimate of drug-likeness (QED) is 0.503. The Bertz CT molecular complexity index is 1200. The summed E-state index contributed by atoms with van der Waals surface area (Å²) in [6.07, 6.45) is 0. The van der Waals surface area contributed by atoms with Crippen LogP contribution in [0, 0.1) is 5.82 Å². The van der Waals surface area contributed by atoms with E-state index in [1.807, 2.05) is 0 Å². The molecule has 0 saturated heterocycles. The third-order valence-corrected chi connectivity index (χ3v) is 7.17. The number of hydrogen-bond acceptors (Lipinski definition) is 4. The number of rotatable bonds is 6. The molecule has 0 spiro atoms. The van der Waals surface area contributed by atoms with Crippen molar-refractivity contribution in [3.63, 3.8) is 0 Å². The highest BCUT2D eigenvalue weighted by atomic mass is 35.5. The van der Waals surface area contributed by atoms with Crippen LogP contribution < -0.4 is 10.5 Å². The molecular weight excluding hydrogens is 458 g/mol. The lowest BCUT2D eigenvalue weighted by Crippen LogP contribution is -2.16. The molecule has 0 heterocycles. The van der Waals surface area contributed by atoms with Gasteiger partial charge in [0.1, 0.15) is 10.7 Å². The van der Waals surface area contributed by atoms with Crippen molar-refractivity contribution >= 4 is 55.4 Å². The lowest BCUT2D eigenvalue weighted by Gasteiger charge is -2.14. The number of nitrogen functional groups attached to an aromatic ring is 1. The predicted octanol–water partition coefficient (Wildman–Crippen LogP) is 4.82. The fourth-order valence-corrected chi connectivity index (χ4v) is 5.32. The number of benzene rings is 3. The Morgan fingerprint density at radius 1 is 1.00 bits per heavy atom. The van der Waals surface area contributed by atoms with Gasteiger partial charge in [-0.15, -0.1) is 0 Å². The van der Waals surface area contributed by atoms with Gasteiger partial charge in [-0.3, -0.25) is 8.93 Å². The van der Waals surface area contributed by atoms with Gasteiger partial charge < -0.3 is 5.73 Å². The Kier molecular flexibility index (Phi) is 6.48. The van der Waals surface area contributed by atoms with Crippen LogP contribution in [0.25, 0.3) is 0 Å². The highest BCUT2D eigenvalue weighted by molar-refractivity contribution is 7.92. The molecule has 0 aliphatic rings. The summed E-state index contributed by atoms with van der Waals surface area (Å²) in [7, 11) is -5.93. The molecule has 10 heteroatoms. The first-order valence-electron chi connectivity index (χ1n) is 8.16. The molecule has 0 radical (unpaired) electrons. The summed E-state index contributed by atoms with van der Waals surface area (Å²) in [5, 5.41) is 0.289. The van der Waals surface area contributed by atoms with E-state index >= 15 is 0 Å². The number of hydrogen-bond donors (Lipinski definition) is 2. The number of halogens is 3. The standard InChI is InChI=1S/C19H15Cl2FN2O3S2/c20-13-5-7-19(16(22)9-13)29(26,27)24-17-10-14(21)4-6-18(17)28(25)11-12-2-1-3-15(23)8-12/h1-10,24H,11,23H2. The van der Waals surface area contributed by atoms with Gasteiger partial charge in [-0.25, -0.2) is 12.8 Å². The minimum atomic E-state index is -4.31. The predicted molar refractivity (Wildman–Crippen MR) is 115 cm³/mol. The zero-order chi connectivity index (χ0) is 21.2. The fourth-order valence-electron chi connectivity index (χ4n) is 2.59. The van der Waals surface area contributed by atoms with Gasteiger partial charge in [-0.05, 0) is 54.1 Å². The van der Waals surface area contributed by atoms with Crippen molar-refractivity contribution in [3.05, 3.63) is 82.1 Å². The van der Waals surface area contributed by atoms with Gasteiger partial charge in [0, 0.05) is 15.7 Å². The number of nitrogens with two attached hydrogens (primary N) is 1. The van der Waals surface area contributed by atoms with Crippen LogP contribution in [0.3, 0.4) is 0 Å². The maximum atomic E-state index is 14.1. The molecule has 3 N–H and O–H groups in total. The van der Waals surface area contributed by atoms with E-state index in [1.54, 1.807) is 24.3 Å². The highest BCUT2D eigenvalue weighted by Crippen LogP contribution is 2.29. The van der Waals surface area contributed by atoms with Crippen molar-refractivity contribution in [2.45, 2.75) is 15.5 Å². The van der Waals surface area contributed by atoms with E-state index in [2.05, 4.69) is 4.72 Å². The molecule has 3 rings (SSSR count). The van der Waals surface area contributed by atoms with E-state index in [0.717, 1.165) is 17.7 Å². The van der Waals surface area contributed by atoms with E-state index in [-0.39, 0.29) is 26.4 Å². The summed E-state index contributed by atoms with van der Waals surface area (Å²) < 4.78 is 54.6. The van der Waals surface area contributed by atoms with Gasteiger partial charge in [0.25, 0.3) is 10.0 Å². The van der Waals surface area contributed by atoms with E-state index in [4.69, 9.17) is 28.9 Å². The Morgan fingerprint density at radius 2 is 1.69 bits per heavy atom. The molecule has 3 aromatic rings. The summed E-state index contributed by atoms with van der Waals surface area (Å²) in [5.41, 5.74) is 6.98. The summed E-state index contributed by atoms with van der Waals surface area (Å²) in [5.74, 6) is -0.897. The van der Waals surface area contributed by atoms with Crippen molar-refractivity contribution in [2.24, 2.45) is 0 Å². The largest absolute Gasteiger partial charge is 0.399 e. The molecule has 1 unspecified atom stereocenters. The van der Waals surface area contributed by atoms with Gasteiger partial charge in [0.05, 0.1) is 27.1 Å². The fraction of sp³-hybridized carbons (Fsp3) is 0.0526. The smallest absolute Gasteiger partial charge is 0.264 e. The van der Waals surface area contributed by atoms with Crippen LogP contribution in [-0.4, -0.2) is 12.6 Å². The third-order valence-electron chi connectivity index (χ3n) is 3.86. The second-order valence-corrected chi connectivity index (χ2v) is 10.00. The highest BCUT2D eigenvalue weighted by Gasteiger charge is 2.22. The molecule has 1 atom stereocenters. The number of nitrogens with one attached hydrogen (secondary N) is 1. The molecule has 0 fully saturated rings. The topological polar surface area (TPSA) is 89.3 Å². The number of sulfonamides is 1. The van der Waals surface area contributed by atoms with Crippen molar-refractivity contribution in [2.75, 3.05) is 10.5 Å². The maximum absolute atomic E-state index is 14.1. The zero-order valence-electron chi connectivity index (χ0n) is 14.7. The second-order valence-electron chi connectivity index (χ2n) is 6.06. The Hall–Kier alpha value is -2.13. The van der Waals surface area contributed by atoms with Crippen LogP contribution in [0.2, 0.25) is 10.0 Å². The average Bonchev–Trinajstić information content (AvgIpc) is 2.61. The minimum Gasteiger partial charge on any atom is -0.399 e. The van der Waals surface area contributed by atoms with Gasteiger partial charge in [-0.2, -0.15) is 0 Å². The van der Waals surface area contributed by atoms with Crippen molar-refractivity contribution < 1.29 is 17.0 Å². The monoisotopic (exact) mass is 472 g/mol. The van der Waals surface area contributed by atoms with E-state index < -0.39 is 31.5 Å². The molecule has 5 nitrogen and oxygen atoms in total. The molecule has 3 aromatic carbocycles. The van der Waals surface area contributed by atoms with Crippen LogP contribution >= 0.6 is 23.2 Å². The first-order chi connectivity index (χ1) is 13.7. The molecular formula is C19H15Cl2FN2O3S2. The Morgan fingerprint density at radius 3 is 2.38 bits per heavy atom. The molecule has 0 aliphatic carbocycles. The van der Waals surface area contributed by atoms with Gasteiger partial charge in [0.15, 0.2) is 0 Å². The van der Waals surface area contributed by atoms with E-state index in [9.17, 15) is 17.0 Å². The van der Waals surface area contributed by atoms with Gasteiger partial charge in [-0.1, -0.05) is 35.3 Å². The third kappa shape index (κ3) is 5.27. The van der Waals surface area contributed by atoms with Crippen LogP contribution in [0.15, 0.2) is 70.5 Å². The van der Waals surface area contributed by atoms with Crippen LogP contribution in [0.4, 0.5) is 15.8 Å². The summed E-state index contributed by atoms with van der Waals surface area (Å²) in [6.45, 7) is 0. The summed E-state index contributed by atoms with van der Waals surface area (Å²) in [6, 6.07) is 14.4. The number of anilines is 2. The first kappa shape index (κ1) is 21.6. The summed E-state index contributed by atoms with van der Waals surface area (Å²) in [4.78, 5) is -0.385. The van der Waals surface area contributed by atoms with Crippen molar-refractivity contribution in [1.82, 2.24) is 0 Å². The van der Waals surface area contributed by atoms with Crippen LogP contribution in [0.1, 0.15) is 5.56 Å². The van der Waals surface area contributed by atoms with Crippen LogP contribution in [-0.2, 0) is 26.6 Å². The molecule has 0 amide bonds. The molecule has 152 valence electrons. The Labute approximate surface area is 180 Å². The van der Waals surface area contributed by atoms with E-state index in [0.29, 0.717) is 5.69 Å². The maximum Gasteiger partial charge on any atom is 0.264 e. The molecule has 29 heavy (non-hydrogen) atoms. The van der Waals surface area contributed by atoms with Gasteiger partial charge in [0.2, 0.25) is 0 Å². The molecule has 0 aliphatic heterocycles. The first-order valence-corrected chi connectivity index (χ1v) is 11.7. The summed E-state index contributed by atoms with van der Waals surface area (Å²) >= 11 is 11.7. The van der Waals surface area contributed by atoms with Crippen molar-refractivity contribution in [3.8, 4) is 0 Å². The SMILES string of the molecule is Nc1cccc(CS(=O)c2ccc(Cl)cc2NS(=O)(=O)c2ccc(Cl)cc2F)c1. The zero-order valence-corrected chi connectivity index (χ0v) is 17.9. The van der Waals surface area contributed by atoms with Crippen molar-refractivity contribution in [1.29, 1.82) is 0 Å². The normalized spacial score (nSPS) is 12.5. The molecule has 0 aromatic heterocycles. The molecule has 0 saturated carbocycles. The minimum absolute atomic E-state index is 0.00548. The van der Waals surface area contributed by atoms with E-state index in [1.165, 1.54) is 24.3 Å².